The zero-order valence-electron chi connectivity index (χ0n) is 9.40. The van der Waals surface area contributed by atoms with Crippen molar-refractivity contribution in [3.05, 3.63) is 23.3 Å². The molecule has 0 N–H and O–H groups in total. The molecule has 0 atom stereocenters. The number of benzene rings is 1. The number of rotatable bonds is 1. The molecule has 1 aromatic rings. The monoisotopic (exact) mass is 288 g/mol. The van der Waals surface area contributed by atoms with E-state index in [9.17, 15) is 18.0 Å². The molecule has 18 heavy (non-hydrogen) atoms. The molecule has 0 radical (unpaired) electrons. The number of hydrogen-bond acceptors (Lipinski definition) is 5. The zero-order chi connectivity index (χ0) is 13.5. The number of halogens is 1. The highest BCUT2D eigenvalue weighted by atomic mass is 35.5. The zero-order valence-corrected chi connectivity index (χ0v) is 11.0. The maximum absolute atomic E-state index is 12.0. The van der Waals surface area contributed by atoms with Crippen LogP contribution < -0.4 is 4.74 Å². The fourth-order valence-electron chi connectivity index (χ4n) is 1.95. The second-order valence-corrected chi connectivity index (χ2v) is 6.25. The van der Waals surface area contributed by atoms with Gasteiger partial charge in [-0.1, -0.05) is 0 Å². The van der Waals surface area contributed by atoms with E-state index in [4.69, 9.17) is 16.3 Å². The summed E-state index contributed by atoms with van der Waals surface area (Å²) in [7, 11) is -3.52. The van der Waals surface area contributed by atoms with Gasteiger partial charge in [0, 0.05) is 29.1 Å². The predicted octanol–water partition coefficient (Wildman–Crippen LogP) is 2.09. The molecule has 0 saturated carbocycles. The highest BCUT2D eigenvalue weighted by molar-refractivity contribution is 7.91. The van der Waals surface area contributed by atoms with Crippen molar-refractivity contribution in [3.63, 3.8) is 0 Å². The fourth-order valence-corrected chi connectivity index (χ4v) is 3.78. The van der Waals surface area contributed by atoms with Gasteiger partial charge in [0.1, 0.15) is 5.75 Å². The number of sulfone groups is 1. The lowest BCUT2D eigenvalue weighted by molar-refractivity contribution is 0.0983. The van der Waals surface area contributed by atoms with Gasteiger partial charge in [-0.2, -0.15) is 0 Å². The maximum Gasteiger partial charge on any atom is 0.409 e. The number of carbonyl (C=O) groups is 2. The molecule has 0 amide bonds. The third-order valence-corrected chi connectivity index (χ3v) is 4.72. The van der Waals surface area contributed by atoms with Gasteiger partial charge in [0.05, 0.1) is 10.6 Å². The third-order valence-electron chi connectivity index (χ3n) is 2.76. The first-order chi connectivity index (χ1) is 8.33. The number of ether oxygens (including phenoxy) is 1. The van der Waals surface area contributed by atoms with E-state index < -0.39 is 15.3 Å². The van der Waals surface area contributed by atoms with Crippen LogP contribution in [0.3, 0.4) is 0 Å². The lowest BCUT2D eigenvalue weighted by Crippen LogP contribution is -2.22. The van der Waals surface area contributed by atoms with Crippen molar-refractivity contribution in [2.24, 2.45) is 0 Å². The van der Waals surface area contributed by atoms with Crippen LogP contribution in [0, 0.1) is 6.92 Å². The number of fused-ring (bicyclic) bond motifs is 1. The van der Waals surface area contributed by atoms with Crippen LogP contribution in [0.1, 0.15) is 22.3 Å². The summed E-state index contributed by atoms with van der Waals surface area (Å²) in [6.45, 7) is 1.48. The van der Waals surface area contributed by atoms with Crippen LogP contribution in [0.25, 0.3) is 0 Å². The molecular formula is C11H9ClO5S. The molecule has 0 fully saturated rings. The number of ketones is 1. The number of carbonyl (C=O) groups excluding carboxylic acids is 2. The molecule has 96 valence electrons. The average molecular weight is 289 g/mol. The van der Waals surface area contributed by atoms with Crippen LogP contribution in [0.2, 0.25) is 0 Å². The minimum absolute atomic E-state index is 0.0244. The van der Waals surface area contributed by atoms with E-state index in [-0.39, 0.29) is 39.7 Å². The Balaban J connectivity index is 2.69. The van der Waals surface area contributed by atoms with Crippen LogP contribution in [0.15, 0.2) is 17.0 Å². The molecule has 0 spiro atoms. The lowest BCUT2D eigenvalue weighted by Gasteiger charge is -2.18. The van der Waals surface area contributed by atoms with Gasteiger partial charge in [0.15, 0.2) is 15.6 Å². The maximum atomic E-state index is 12.0. The molecule has 0 saturated heterocycles. The molecule has 1 heterocycles. The second-order valence-electron chi connectivity index (χ2n) is 3.90. The Kier molecular flexibility index (Phi) is 3.16. The van der Waals surface area contributed by atoms with Crippen LogP contribution >= 0.6 is 11.6 Å². The SMILES string of the molecule is Cc1c(OC(=O)Cl)ccc2c1S(=O)(=O)CCC2=O. The summed E-state index contributed by atoms with van der Waals surface area (Å²) in [5.74, 6) is -0.406. The van der Waals surface area contributed by atoms with Gasteiger partial charge < -0.3 is 4.74 Å². The first-order valence-corrected chi connectivity index (χ1v) is 7.13. The van der Waals surface area contributed by atoms with Gasteiger partial charge in [0.25, 0.3) is 0 Å². The van der Waals surface area contributed by atoms with Crippen LogP contribution in [0.5, 0.6) is 5.75 Å². The summed E-state index contributed by atoms with van der Waals surface area (Å²) in [4.78, 5) is 22.3. The van der Waals surface area contributed by atoms with Crippen LogP contribution in [0.4, 0.5) is 4.79 Å². The quantitative estimate of drug-likeness (QED) is 0.740. The standard InChI is InChI=1S/C11H9ClO5S/c1-6-9(17-11(12)14)3-2-7-8(13)4-5-18(15,16)10(6)7/h2-3H,4-5H2,1H3. The number of hydrogen-bond donors (Lipinski definition) is 0. The largest absolute Gasteiger partial charge is 0.414 e. The van der Waals surface area contributed by atoms with Crippen LogP contribution in [-0.4, -0.2) is 25.4 Å². The molecule has 0 unspecified atom stereocenters. The second kappa shape index (κ2) is 4.37. The van der Waals surface area contributed by atoms with E-state index in [0.29, 0.717) is 0 Å². The molecule has 0 bridgehead atoms. The van der Waals surface area contributed by atoms with Crippen molar-refractivity contribution in [2.75, 3.05) is 5.75 Å². The topological polar surface area (TPSA) is 77.5 Å². The Morgan fingerprint density at radius 1 is 1.39 bits per heavy atom. The first kappa shape index (κ1) is 13.0. The summed E-state index contributed by atoms with van der Waals surface area (Å²) >= 11 is 5.09. The third kappa shape index (κ3) is 2.13. The van der Waals surface area contributed by atoms with Crippen molar-refractivity contribution in [2.45, 2.75) is 18.2 Å². The molecule has 5 nitrogen and oxygen atoms in total. The Labute approximate surface area is 109 Å². The molecule has 1 aliphatic rings. The fraction of sp³-hybridized carbons (Fsp3) is 0.273. The molecule has 1 aliphatic heterocycles. The predicted molar refractivity (Wildman–Crippen MR) is 64.1 cm³/mol. The minimum atomic E-state index is -3.52. The Hall–Kier alpha value is -1.40. The smallest absolute Gasteiger partial charge is 0.409 e. The first-order valence-electron chi connectivity index (χ1n) is 5.10. The molecule has 1 aromatic carbocycles. The van der Waals surface area contributed by atoms with Crippen molar-refractivity contribution < 1.29 is 22.7 Å². The Morgan fingerprint density at radius 2 is 2.06 bits per heavy atom. The summed E-state index contributed by atoms with van der Waals surface area (Å²) in [6.07, 6.45) is -0.0244. The highest BCUT2D eigenvalue weighted by Crippen LogP contribution is 2.33. The van der Waals surface area contributed by atoms with Crippen molar-refractivity contribution in [3.8, 4) is 5.75 Å². The van der Waals surface area contributed by atoms with E-state index >= 15 is 0 Å². The van der Waals surface area contributed by atoms with E-state index in [0.717, 1.165) is 0 Å². The van der Waals surface area contributed by atoms with Gasteiger partial charge in [0.2, 0.25) is 0 Å². The highest BCUT2D eigenvalue weighted by Gasteiger charge is 2.32. The normalized spacial score (nSPS) is 17.1. The van der Waals surface area contributed by atoms with E-state index in [1.807, 2.05) is 0 Å². The van der Waals surface area contributed by atoms with Crippen LogP contribution in [-0.2, 0) is 9.84 Å². The van der Waals surface area contributed by atoms with Crippen molar-refractivity contribution in [1.82, 2.24) is 0 Å². The molecule has 0 aromatic heterocycles. The Morgan fingerprint density at radius 3 is 2.67 bits per heavy atom. The Bertz CT molecular complexity index is 648. The van der Waals surface area contributed by atoms with Gasteiger partial charge in [-0.15, -0.1) is 0 Å². The molecule has 7 heteroatoms. The molecular weight excluding hydrogens is 280 g/mol. The van der Waals surface area contributed by atoms with Gasteiger partial charge in [-0.25, -0.2) is 13.2 Å². The average Bonchev–Trinajstić information content (AvgIpc) is 2.26. The minimum Gasteiger partial charge on any atom is -0.414 e. The van der Waals surface area contributed by atoms with E-state index in [2.05, 4.69) is 0 Å². The van der Waals surface area contributed by atoms with E-state index in [1.165, 1.54) is 19.1 Å². The van der Waals surface area contributed by atoms with Gasteiger partial charge in [-0.3, -0.25) is 4.79 Å². The van der Waals surface area contributed by atoms with Gasteiger partial charge >= 0.3 is 5.43 Å². The number of Topliss-reactive ketones (excluding diaryl/α,β-unsaturated/α-hetero) is 1. The van der Waals surface area contributed by atoms with E-state index in [1.54, 1.807) is 0 Å². The van der Waals surface area contributed by atoms with Crippen molar-refractivity contribution >= 4 is 32.6 Å². The van der Waals surface area contributed by atoms with Crippen molar-refractivity contribution in [1.29, 1.82) is 0 Å². The summed E-state index contributed by atoms with van der Waals surface area (Å²) in [5, 5.41) is 0. The summed E-state index contributed by atoms with van der Waals surface area (Å²) in [5.41, 5.74) is -0.680. The summed E-state index contributed by atoms with van der Waals surface area (Å²) in [6, 6.07) is 2.71. The molecule has 2 rings (SSSR count). The summed E-state index contributed by atoms with van der Waals surface area (Å²) < 4.78 is 28.6. The lowest BCUT2D eigenvalue weighted by atomic mass is 10.0. The molecule has 0 aliphatic carbocycles. The van der Waals surface area contributed by atoms with Gasteiger partial charge in [-0.05, 0) is 19.1 Å².